The average Bonchev–Trinajstić information content (AvgIpc) is 3.05. The molecule has 0 aromatic carbocycles. The molecule has 96 valence electrons. The van der Waals surface area contributed by atoms with Crippen LogP contribution >= 0.6 is 0 Å². The molecule has 0 unspecified atom stereocenters. The molecule has 0 aliphatic heterocycles. The number of imidazole rings is 1. The second-order valence-electron chi connectivity index (χ2n) is 3.64. The van der Waals surface area contributed by atoms with Gasteiger partial charge in [0.05, 0.1) is 19.5 Å². The summed E-state index contributed by atoms with van der Waals surface area (Å²) in [7, 11) is 1.46. The molecule has 0 aliphatic rings. The smallest absolute Gasteiger partial charge is 0.290 e. The van der Waals surface area contributed by atoms with Gasteiger partial charge in [-0.25, -0.2) is 4.98 Å². The van der Waals surface area contributed by atoms with Gasteiger partial charge >= 0.3 is 0 Å². The fourth-order valence-electron chi connectivity index (χ4n) is 1.43. The van der Waals surface area contributed by atoms with E-state index in [1.807, 2.05) is 10.8 Å². The first-order valence-electron chi connectivity index (χ1n) is 5.54. The number of aryl methyl sites for hydroxylation is 1. The van der Waals surface area contributed by atoms with Crippen LogP contribution in [-0.4, -0.2) is 34.3 Å². The van der Waals surface area contributed by atoms with E-state index in [-0.39, 0.29) is 11.7 Å². The van der Waals surface area contributed by atoms with Gasteiger partial charge in [-0.1, -0.05) is 0 Å². The molecule has 0 fully saturated rings. The molecule has 2 heterocycles. The van der Waals surface area contributed by atoms with Gasteiger partial charge < -0.3 is 19.1 Å². The minimum Gasteiger partial charge on any atom is -0.479 e. The van der Waals surface area contributed by atoms with Crippen molar-refractivity contribution in [3.63, 3.8) is 0 Å². The maximum Gasteiger partial charge on any atom is 0.290 e. The Labute approximate surface area is 104 Å². The maximum atomic E-state index is 11.6. The fourth-order valence-corrected chi connectivity index (χ4v) is 1.43. The van der Waals surface area contributed by atoms with E-state index in [1.54, 1.807) is 12.5 Å². The lowest BCUT2D eigenvalue weighted by atomic mass is 10.3. The SMILES string of the molecule is COc1cc(C(=O)NCCCn2ccnc2)on1. The zero-order valence-electron chi connectivity index (χ0n) is 10.00. The Morgan fingerprint density at radius 1 is 1.61 bits per heavy atom. The summed E-state index contributed by atoms with van der Waals surface area (Å²) in [6, 6.07) is 1.45. The van der Waals surface area contributed by atoms with E-state index in [0.717, 1.165) is 13.0 Å². The van der Waals surface area contributed by atoms with Crippen molar-refractivity contribution in [3.05, 3.63) is 30.5 Å². The number of hydrogen-bond acceptors (Lipinski definition) is 5. The number of carbonyl (C=O) groups is 1. The number of nitrogens with zero attached hydrogens (tertiary/aromatic N) is 3. The molecule has 0 atom stereocenters. The molecule has 7 heteroatoms. The van der Waals surface area contributed by atoms with Crippen LogP contribution in [0, 0.1) is 0 Å². The standard InChI is InChI=1S/C11H14N4O3/c1-17-10-7-9(18-14-10)11(16)13-3-2-5-15-6-4-12-8-15/h4,6-8H,2-3,5H2,1H3,(H,13,16). The quantitative estimate of drug-likeness (QED) is 0.763. The molecule has 0 radical (unpaired) electrons. The van der Waals surface area contributed by atoms with Gasteiger partial charge in [-0.3, -0.25) is 4.79 Å². The van der Waals surface area contributed by atoms with Gasteiger partial charge in [0, 0.05) is 25.5 Å². The van der Waals surface area contributed by atoms with Crippen molar-refractivity contribution < 1.29 is 14.1 Å². The highest BCUT2D eigenvalue weighted by Gasteiger charge is 2.12. The first-order chi connectivity index (χ1) is 8.79. The van der Waals surface area contributed by atoms with Crippen molar-refractivity contribution in [3.8, 4) is 5.88 Å². The lowest BCUT2D eigenvalue weighted by Gasteiger charge is -2.03. The average molecular weight is 250 g/mol. The lowest BCUT2D eigenvalue weighted by Crippen LogP contribution is -2.24. The minimum atomic E-state index is -0.295. The van der Waals surface area contributed by atoms with Gasteiger partial charge in [0.1, 0.15) is 0 Å². The Hall–Kier alpha value is -2.31. The van der Waals surface area contributed by atoms with E-state index in [1.165, 1.54) is 13.2 Å². The third-order valence-corrected chi connectivity index (χ3v) is 2.36. The largest absolute Gasteiger partial charge is 0.479 e. The van der Waals surface area contributed by atoms with E-state index in [0.29, 0.717) is 12.4 Å². The third-order valence-electron chi connectivity index (χ3n) is 2.36. The van der Waals surface area contributed by atoms with Crippen LogP contribution in [0.15, 0.2) is 29.3 Å². The predicted molar refractivity (Wildman–Crippen MR) is 62.2 cm³/mol. The van der Waals surface area contributed by atoms with Gasteiger partial charge in [0.15, 0.2) is 0 Å². The number of aromatic nitrogens is 3. The number of amides is 1. The van der Waals surface area contributed by atoms with Crippen LogP contribution in [0.3, 0.4) is 0 Å². The highest BCUT2D eigenvalue weighted by atomic mass is 16.5. The molecule has 0 saturated carbocycles. The summed E-state index contributed by atoms with van der Waals surface area (Å²) in [5, 5.41) is 6.29. The second kappa shape index (κ2) is 5.85. The van der Waals surface area contributed by atoms with Crippen LogP contribution in [-0.2, 0) is 6.54 Å². The van der Waals surface area contributed by atoms with E-state index in [2.05, 4.69) is 15.5 Å². The summed E-state index contributed by atoms with van der Waals surface area (Å²) >= 11 is 0. The number of hydrogen-bond donors (Lipinski definition) is 1. The van der Waals surface area contributed by atoms with Crippen molar-refractivity contribution in [2.45, 2.75) is 13.0 Å². The van der Waals surface area contributed by atoms with E-state index >= 15 is 0 Å². The minimum absolute atomic E-state index is 0.148. The zero-order chi connectivity index (χ0) is 12.8. The molecule has 0 bridgehead atoms. The molecule has 2 aromatic heterocycles. The van der Waals surface area contributed by atoms with Crippen LogP contribution in [0.4, 0.5) is 0 Å². The molecular weight excluding hydrogens is 236 g/mol. The molecule has 0 aliphatic carbocycles. The van der Waals surface area contributed by atoms with E-state index in [9.17, 15) is 4.79 Å². The van der Waals surface area contributed by atoms with Crippen LogP contribution in [0.2, 0.25) is 0 Å². The van der Waals surface area contributed by atoms with Gasteiger partial charge in [-0.15, -0.1) is 0 Å². The number of methoxy groups -OCH3 is 1. The second-order valence-corrected chi connectivity index (χ2v) is 3.64. The van der Waals surface area contributed by atoms with Crippen molar-refractivity contribution in [2.24, 2.45) is 0 Å². The van der Waals surface area contributed by atoms with Crippen LogP contribution in [0.5, 0.6) is 5.88 Å². The fraction of sp³-hybridized carbons (Fsp3) is 0.364. The molecule has 2 aromatic rings. The highest BCUT2D eigenvalue weighted by molar-refractivity contribution is 5.91. The topological polar surface area (TPSA) is 82.2 Å². The first kappa shape index (κ1) is 12.2. The molecule has 1 N–H and O–H groups in total. The van der Waals surface area contributed by atoms with Crippen LogP contribution in [0.1, 0.15) is 17.0 Å². The van der Waals surface area contributed by atoms with Crippen molar-refractivity contribution in [2.75, 3.05) is 13.7 Å². The zero-order valence-corrected chi connectivity index (χ0v) is 10.00. The molecule has 2 rings (SSSR count). The molecular formula is C11H14N4O3. The summed E-state index contributed by atoms with van der Waals surface area (Å²) in [4.78, 5) is 15.5. The molecule has 0 spiro atoms. The summed E-state index contributed by atoms with van der Waals surface area (Å²) in [5.74, 6) is 0.143. The van der Waals surface area contributed by atoms with Crippen molar-refractivity contribution in [1.82, 2.24) is 20.0 Å². The Bertz CT molecular complexity index is 492. The lowest BCUT2D eigenvalue weighted by molar-refractivity contribution is 0.0915. The Balaban J connectivity index is 1.71. The number of ether oxygens (including phenoxy) is 1. The Morgan fingerprint density at radius 2 is 2.50 bits per heavy atom. The van der Waals surface area contributed by atoms with Crippen LogP contribution < -0.4 is 10.1 Å². The van der Waals surface area contributed by atoms with Gasteiger partial charge in [0.2, 0.25) is 5.76 Å². The number of nitrogens with one attached hydrogen (secondary N) is 1. The van der Waals surface area contributed by atoms with Crippen molar-refractivity contribution in [1.29, 1.82) is 0 Å². The monoisotopic (exact) mass is 250 g/mol. The van der Waals surface area contributed by atoms with Crippen molar-refractivity contribution >= 4 is 5.91 Å². The predicted octanol–water partition coefficient (Wildman–Crippen LogP) is 0.700. The summed E-state index contributed by atoms with van der Waals surface area (Å²) in [6.45, 7) is 1.36. The first-order valence-corrected chi connectivity index (χ1v) is 5.54. The van der Waals surface area contributed by atoms with E-state index < -0.39 is 0 Å². The molecule has 7 nitrogen and oxygen atoms in total. The molecule has 18 heavy (non-hydrogen) atoms. The van der Waals surface area contributed by atoms with Crippen LogP contribution in [0.25, 0.3) is 0 Å². The highest BCUT2D eigenvalue weighted by Crippen LogP contribution is 2.09. The van der Waals surface area contributed by atoms with Gasteiger partial charge in [-0.2, -0.15) is 0 Å². The maximum absolute atomic E-state index is 11.6. The van der Waals surface area contributed by atoms with E-state index in [4.69, 9.17) is 9.26 Å². The molecule has 1 amide bonds. The Kier molecular flexibility index (Phi) is 3.95. The summed E-state index contributed by atoms with van der Waals surface area (Å²) in [5.41, 5.74) is 0. The Morgan fingerprint density at radius 3 is 3.17 bits per heavy atom. The van der Waals surface area contributed by atoms with Gasteiger partial charge in [-0.05, 0) is 11.6 Å². The summed E-state index contributed by atoms with van der Waals surface area (Å²) < 4.78 is 11.6. The third kappa shape index (κ3) is 3.09. The summed E-state index contributed by atoms with van der Waals surface area (Å²) in [6.07, 6.45) is 6.15. The normalized spacial score (nSPS) is 10.3. The number of rotatable bonds is 6. The number of carbonyl (C=O) groups excluding carboxylic acids is 1. The molecule has 0 saturated heterocycles. The van der Waals surface area contributed by atoms with Gasteiger partial charge in [0.25, 0.3) is 11.8 Å².